The van der Waals surface area contributed by atoms with Gasteiger partial charge >= 0.3 is 0 Å². The van der Waals surface area contributed by atoms with Gasteiger partial charge in [-0.1, -0.05) is 23.4 Å². The number of aromatic amines is 1. The lowest BCUT2D eigenvalue weighted by Crippen LogP contribution is -2.08. The van der Waals surface area contributed by atoms with Crippen molar-refractivity contribution < 1.29 is 5.11 Å². The van der Waals surface area contributed by atoms with Gasteiger partial charge in [-0.15, -0.1) is 0 Å². The molecule has 18 heavy (non-hydrogen) atoms. The number of benzene rings is 1. The molecule has 0 aliphatic heterocycles. The largest absolute Gasteiger partial charge is 0.392 e. The summed E-state index contributed by atoms with van der Waals surface area (Å²) in [5.74, 6) is 0. The molecule has 2 N–H and O–H groups in total. The molecule has 0 radical (unpaired) electrons. The molecule has 4 nitrogen and oxygen atoms in total. The first-order valence-electron chi connectivity index (χ1n) is 5.23. The number of rotatable bonds is 3. The summed E-state index contributed by atoms with van der Waals surface area (Å²) in [5, 5.41) is 10.3. The number of aliphatic hydroxyl groups excluding tert-OH is 1. The lowest BCUT2D eigenvalue weighted by atomic mass is 10.2. The smallest absolute Gasteiger partial charge is 0.251 e. The minimum absolute atomic E-state index is 0.112. The molecule has 0 unspecified atom stereocenters. The maximum absolute atomic E-state index is 11.3. The van der Waals surface area contributed by atoms with Crippen molar-refractivity contribution in [3.63, 3.8) is 0 Å². The van der Waals surface area contributed by atoms with Gasteiger partial charge in [0.2, 0.25) is 0 Å². The number of nitrogens with zero attached hydrogens (tertiary/aromatic N) is 1. The maximum atomic E-state index is 11.3. The Bertz CT molecular complexity index is 628. The van der Waals surface area contributed by atoms with E-state index in [9.17, 15) is 9.90 Å². The molecule has 0 fully saturated rings. The molecule has 1 aromatic heterocycles. The summed E-state index contributed by atoms with van der Waals surface area (Å²) >= 11 is 7.15. The molecule has 0 aliphatic carbocycles. The Morgan fingerprint density at radius 2 is 2.22 bits per heavy atom. The van der Waals surface area contributed by atoms with E-state index in [2.05, 4.69) is 9.97 Å². The SMILES string of the molecule is Cc1cc(=O)[nH]c(Sc2ccc(Cl)cc2CO)n1. The van der Waals surface area contributed by atoms with Crippen molar-refractivity contribution in [3.8, 4) is 0 Å². The fraction of sp³-hybridized carbons (Fsp3) is 0.167. The number of halogens is 1. The van der Waals surface area contributed by atoms with Crippen LogP contribution in [0.5, 0.6) is 0 Å². The number of aliphatic hydroxyl groups is 1. The average Bonchev–Trinajstić information content (AvgIpc) is 2.30. The maximum Gasteiger partial charge on any atom is 0.251 e. The lowest BCUT2D eigenvalue weighted by Gasteiger charge is -2.07. The molecular formula is C12H11ClN2O2S. The zero-order valence-corrected chi connectivity index (χ0v) is 11.2. The molecular weight excluding hydrogens is 272 g/mol. The number of hydrogen-bond donors (Lipinski definition) is 2. The Labute approximate surface area is 113 Å². The average molecular weight is 283 g/mol. The highest BCUT2D eigenvalue weighted by Crippen LogP contribution is 2.29. The molecule has 0 aliphatic rings. The molecule has 2 aromatic rings. The van der Waals surface area contributed by atoms with Crippen LogP contribution in [0.15, 0.2) is 39.1 Å². The van der Waals surface area contributed by atoms with Crippen LogP contribution in [0.4, 0.5) is 0 Å². The van der Waals surface area contributed by atoms with E-state index in [1.807, 2.05) is 0 Å². The van der Waals surface area contributed by atoms with E-state index in [0.29, 0.717) is 21.4 Å². The van der Waals surface area contributed by atoms with Crippen LogP contribution < -0.4 is 5.56 Å². The Kier molecular flexibility index (Phi) is 4.06. The van der Waals surface area contributed by atoms with Crippen molar-refractivity contribution in [2.24, 2.45) is 0 Å². The van der Waals surface area contributed by atoms with Gasteiger partial charge in [0.15, 0.2) is 5.16 Å². The van der Waals surface area contributed by atoms with Crippen molar-refractivity contribution in [2.45, 2.75) is 23.6 Å². The summed E-state index contributed by atoms with van der Waals surface area (Å²) in [5.41, 5.74) is 1.17. The Hall–Kier alpha value is -1.30. The van der Waals surface area contributed by atoms with E-state index in [-0.39, 0.29) is 12.2 Å². The van der Waals surface area contributed by atoms with Crippen molar-refractivity contribution >= 4 is 23.4 Å². The highest BCUT2D eigenvalue weighted by Gasteiger charge is 2.07. The normalized spacial score (nSPS) is 10.6. The molecule has 94 valence electrons. The van der Waals surface area contributed by atoms with Gasteiger partial charge in [0, 0.05) is 21.7 Å². The van der Waals surface area contributed by atoms with Crippen molar-refractivity contribution in [3.05, 3.63) is 50.9 Å². The molecule has 0 amide bonds. The summed E-state index contributed by atoms with van der Waals surface area (Å²) in [7, 11) is 0. The second-order valence-corrected chi connectivity index (χ2v) is 5.17. The standard InChI is InChI=1S/C12H11ClN2O2S/c1-7-4-11(17)15-12(14-7)18-10-3-2-9(13)5-8(10)6-16/h2-5,16H,6H2,1H3,(H,14,15,17). The first-order valence-corrected chi connectivity index (χ1v) is 6.43. The Morgan fingerprint density at radius 3 is 2.89 bits per heavy atom. The van der Waals surface area contributed by atoms with E-state index in [0.717, 1.165) is 4.90 Å². The van der Waals surface area contributed by atoms with Gasteiger partial charge in [0.05, 0.1) is 6.61 Å². The third-order valence-electron chi connectivity index (χ3n) is 2.25. The highest BCUT2D eigenvalue weighted by atomic mass is 35.5. The summed E-state index contributed by atoms with van der Waals surface area (Å²) in [6.07, 6.45) is 0. The first kappa shape index (κ1) is 13.1. The van der Waals surface area contributed by atoms with Gasteiger partial charge in [-0.25, -0.2) is 4.98 Å². The molecule has 0 atom stereocenters. The molecule has 2 rings (SSSR count). The number of aryl methyl sites for hydroxylation is 1. The first-order chi connectivity index (χ1) is 8.58. The number of aromatic nitrogens is 2. The number of H-pyrrole nitrogens is 1. The lowest BCUT2D eigenvalue weighted by molar-refractivity contribution is 0.279. The minimum atomic E-state index is -0.190. The van der Waals surface area contributed by atoms with E-state index in [1.165, 1.54) is 17.8 Å². The molecule has 0 spiro atoms. The van der Waals surface area contributed by atoms with Crippen LogP contribution in [0.3, 0.4) is 0 Å². The zero-order chi connectivity index (χ0) is 13.1. The van der Waals surface area contributed by atoms with Crippen LogP contribution in [-0.2, 0) is 6.61 Å². The second kappa shape index (κ2) is 5.56. The molecule has 0 saturated carbocycles. The summed E-state index contributed by atoms with van der Waals surface area (Å²) in [4.78, 5) is 19.0. The zero-order valence-electron chi connectivity index (χ0n) is 9.61. The van der Waals surface area contributed by atoms with Gasteiger partial charge in [-0.05, 0) is 30.7 Å². The van der Waals surface area contributed by atoms with Crippen LogP contribution in [0.25, 0.3) is 0 Å². The third kappa shape index (κ3) is 3.13. The van der Waals surface area contributed by atoms with Crippen LogP contribution in [0.2, 0.25) is 5.02 Å². The Balaban J connectivity index is 2.36. The van der Waals surface area contributed by atoms with E-state index < -0.39 is 0 Å². The summed E-state index contributed by atoms with van der Waals surface area (Å²) in [6.45, 7) is 1.65. The van der Waals surface area contributed by atoms with Crippen molar-refractivity contribution in [1.82, 2.24) is 9.97 Å². The van der Waals surface area contributed by atoms with Crippen molar-refractivity contribution in [2.75, 3.05) is 0 Å². The van der Waals surface area contributed by atoms with Gasteiger partial charge in [-0.2, -0.15) is 0 Å². The minimum Gasteiger partial charge on any atom is -0.392 e. The fourth-order valence-electron chi connectivity index (χ4n) is 1.48. The van der Waals surface area contributed by atoms with Crippen LogP contribution in [-0.4, -0.2) is 15.1 Å². The summed E-state index contributed by atoms with van der Waals surface area (Å²) in [6, 6.07) is 6.65. The molecule has 1 aromatic carbocycles. The van der Waals surface area contributed by atoms with Crippen LogP contribution in [0, 0.1) is 6.92 Å². The molecule has 0 bridgehead atoms. The third-order valence-corrected chi connectivity index (χ3v) is 3.49. The van der Waals surface area contributed by atoms with E-state index >= 15 is 0 Å². The predicted octanol–water partition coefficient (Wildman–Crippen LogP) is 2.38. The van der Waals surface area contributed by atoms with Gasteiger partial charge < -0.3 is 10.1 Å². The summed E-state index contributed by atoms with van der Waals surface area (Å²) < 4.78 is 0. The number of nitrogens with one attached hydrogen (secondary N) is 1. The van der Waals surface area contributed by atoms with Crippen LogP contribution >= 0.6 is 23.4 Å². The Morgan fingerprint density at radius 1 is 1.44 bits per heavy atom. The monoisotopic (exact) mass is 282 g/mol. The topological polar surface area (TPSA) is 66.0 Å². The number of hydrogen-bond acceptors (Lipinski definition) is 4. The van der Waals surface area contributed by atoms with Gasteiger partial charge in [0.1, 0.15) is 0 Å². The predicted molar refractivity (Wildman–Crippen MR) is 71.1 cm³/mol. The highest BCUT2D eigenvalue weighted by molar-refractivity contribution is 7.99. The fourth-order valence-corrected chi connectivity index (χ4v) is 2.61. The molecule has 6 heteroatoms. The van der Waals surface area contributed by atoms with Gasteiger partial charge in [-0.3, -0.25) is 4.79 Å². The van der Waals surface area contributed by atoms with Gasteiger partial charge in [0.25, 0.3) is 5.56 Å². The quantitative estimate of drug-likeness (QED) is 0.848. The molecule has 1 heterocycles. The van der Waals surface area contributed by atoms with Crippen LogP contribution in [0.1, 0.15) is 11.3 Å². The molecule has 0 saturated heterocycles. The van der Waals surface area contributed by atoms with Crippen molar-refractivity contribution in [1.29, 1.82) is 0 Å². The van der Waals surface area contributed by atoms with E-state index in [1.54, 1.807) is 25.1 Å². The second-order valence-electron chi connectivity index (χ2n) is 3.70. The van der Waals surface area contributed by atoms with E-state index in [4.69, 9.17) is 11.6 Å².